The van der Waals surface area contributed by atoms with Crippen LogP contribution in [0.4, 0.5) is 0 Å². The standard InChI is InChI=1S/C23H21NO4/c1-26-18-8-7-16-14-24-12-11-23-10-9-17(13-19(23)28-21(18)20(16)23)27-22(25)15-5-3-2-4-6-15/h2-10,14,17,19H,11-13H2,1H3/t17-,19-,23-/m0/s1. The van der Waals surface area contributed by atoms with E-state index in [0.717, 1.165) is 35.6 Å². The smallest absolute Gasteiger partial charge is 0.338 e. The van der Waals surface area contributed by atoms with Crippen molar-refractivity contribution in [1.29, 1.82) is 0 Å². The van der Waals surface area contributed by atoms with Gasteiger partial charge in [0.05, 0.1) is 18.1 Å². The topological polar surface area (TPSA) is 57.1 Å². The molecule has 3 atom stereocenters. The first-order valence-corrected chi connectivity index (χ1v) is 9.54. The lowest BCUT2D eigenvalue weighted by atomic mass is 9.69. The molecule has 142 valence electrons. The Balaban J connectivity index is 1.47. The molecule has 2 aromatic carbocycles. The van der Waals surface area contributed by atoms with Gasteiger partial charge in [0.2, 0.25) is 0 Å². The number of methoxy groups -OCH3 is 1. The van der Waals surface area contributed by atoms with E-state index in [2.05, 4.69) is 11.1 Å². The summed E-state index contributed by atoms with van der Waals surface area (Å²) in [5.74, 6) is 1.20. The molecule has 2 heterocycles. The predicted octanol–water partition coefficient (Wildman–Crippen LogP) is 3.70. The normalized spacial score (nSPS) is 26.6. The Kier molecular flexibility index (Phi) is 3.97. The molecular weight excluding hydrogens is 354 g/mol. The van der Waals surface area contributed by atoms with Crippen molar-refractivity contribution in [2.75, 3.05) is 13.7 Å². The number of aliphatic imine (C=N–C) groups is 1. The molecule has 0 bridgehead atoms. The highest BCUT2D eigenvalue weighted by Crippen LogP contribution is 2.55. The fourth-order valence-corrected chi connectivity index (χ4v) is 4.52. The molecule has 1 aliphatic carbocycles. The van der Waals surface area contributed by atoms with Crippen molar-refractivity contribution < 1.29 is 19.0 Å². The summed E-state index contributed by atoms with van der Waals surface area (Å²) in [4.78, 5) is 17.0. The Bertz CT molecular complexity index is 982. The van der Waals surface area contributed by atoms with E-state index in [-0.39, 0.29) is 23.6 Å². The molecule has 0 amide bonds. The predicted molar refractivity (Wildman–Crippen MR) is 106 cm³/mol. The second-order valence-electron chi connectivity index (χ2n) is 7.40. The number of hydrogen-bond acceptors (Lipinski definition) is 5. The molecule has 0 unspecified atom stereocenters. The van der Waals surface area contributed by atoms with E-state index in [9.17, 15) is 4.79 Å². The van der Waals surface area contributed by atoms with Crippen LogP contribution in [0, 0.1) is 0 Å². The van der Waals surface area contributed by atoms with Crippen LogP contribution in [0.2, 0.25) is 0 Å². The zero-order valence-corrected chi connectivity index (χ0v) is 15.6. The first-order chi connectivity index (χ1) is 13.7. The second-order valence-corrected chi connectivity index (χ2v) is 7.40. The Labute approximate surface area is 163 Å². The third kappa shape index (κ3) is 2.53. The highest BCUT2D eigenvalue weighted by atomic mass is 16.6. The van der Waals surface area contributed by atoms with E-state index >= 15 is 0 Å². The fourth-order valence-electron chi connectivity index (χ4n) is 4.52. The molecule has 0 saturated heterocycles. The molecule has 28 heavy (non-hydrogen) atoms. The molecule has 5 rings (SSSR count). The Morgan fingerprint density at radius 1 is 1.21 bits per heavy atom. The number of nitrogens with zero attached hydrogens (tertiary/aromatic N) is 1. The lowest BCUT2D eigenvalue weighted by Gasteiger charge is -2.36. The maximum Gasteiger partial charge on any atom is 0.338 e. The van der Waals surface area contributed by atoms with Crippen molar-refractivity contribution in [3.63, 3.8) is 0 Å². The average molecular weight is 375 g/mol. The van der Waals surface area contributed by atoms with E-state index in [1.54, 1.807) is 19.2 Å². The molecule has 5 heteroatoms. The molecule has 0 saturated carbocycles. The lowest BCUT2D eigenvalue weighted by molar-refractivity contribution is 0.0223. The summed E-state index contributed by atoms with van der Waals surface area (Å²) in [5, 5.41) is 0. The highest BCUT2D eigenvalue weighted by Gasteiger charge is 2.52. The van der Waals surface area contributed by atoms with Crippen LogP contribution in [0.15, 0.2) is 59.6 Å². The van der Waals surface area contributed by atoms with E-state index in [1.807, 2.05) is 42.6 Å². The quantitative estimate of drug-likeness (QED) is 0.606. The van der Waals surface area contributed by atoms with Gasteiger partial charge in [0.25, 0.3) is 0 Å². The van der Waals surface area contributed by atoms with Crippen molar-refractivity contribution >= 4 is 12.2 Å². The van der Waals surface area contributed by atoms with Gasteiger partial charge in [-0.1, -0.05) is 24.3 Å². The highest BCUT2D eigenvalue weighted by molar-refractivity contribution is 5.89. The number of hydrogen-bond donors (Lipinski definition) is 0. The molecule has 0 radical (unpaired) electrons. The molecule has 2 aliphatic heterocycles. The molecule has 1 spiro atoms. The zero-order valence-electron chi connectivity index (χ0n) is 15.6. The van der Waals surface area contributed by atoms with Gasteiger partial charge in [0.1, 0.15) is 12.2 Å². The van der Waals surface area contributed by atoms with Crippen LogP contribution >= 0.6 is 0 Å². The lowest BCUT2D eigenvalue weighted by Crippen LogP contribution is -2.43. The van der Waals surface area contributed by atoms with E-state index in [1.165, 1.54) is 0 Å². The first-order valence-electron chi connectivity index (χ1n) is 9.54. The van der Waals surface area contributed by atoms with Crippen LogP contribution < -0.4 is 9.47 Å². The van der Waals surface area contributed by atoms with Gasteiger partial charge < -0.3 is 14.2 Å². The van der Waals surface area contributed by atoms with Crippen LogP contribution in [0.1, 0.15) is 34.3 Å². The van der Waals surface area contributed by atoms with E-state index < -0.39 is 0 Å². The van der Waals surface area contributed by atoms with Gasteiger partial charge in [-0.25, -0.2) is 4.79 Å². The molecule has 0 N–H and O–H groups in total. The SMILES string of the molecule is COc1ccc2c3c1O[C@H]1C[C@@H](OC(=O)c4ccccc4)C=C[C@@]31CCN=C2. The van der Waals surface area contributed by atoms with Gasteiger partial charge >= 0.3 is 5.97 Å². The van der Waals surface area contributed by atoms with Crippen LogP contribution in [-0.2, 0) is 10.2 Å². The molecule has 2 aromatic rings. The number of ether oxygens (including phenoxy) is 3. The number of rotatable bonds is 3. The van der Waals surface area contributed by atoms with Crippen molar-refractivity contribution in [3.05, 3.63) is 71.3 Å². The van der Waals surface area contributed by atoms with Crippen LogP contribution in [0.3, 0.4) is 0 Å². The van der Waals surface area contributed by atoms with E-state index in [4.69, 9.17) is 14.2 Å². The van der Waals surface area contributed by atoms with Crippen molar-refractivity contribution in [2.24, 2.45) is 4.99 Å². The largest absolute Gasteiger partial charge is 0.493 e. The van der Waals surface area contributed by atoms with Gasteiger partial charge in [-0.2, -0.15) is 0 Å². The molecule has 3 aliphatic rings. The van der Waals surface area contributed by atoms with Crippen LogP contribution in [-0.4, -0.2) is 38.0 Å². The van der Waals surface area contributed by atoms with Gasteiger partial charge in [0, 0.05) is 30.3 Å². The number of carbonyl (C=O) groups excluding carboxylic acids is 1. The Morgan fingerprint density at radius 2 is 2.07 bits per heavy atom. The minimum atomic E-state index is -0.323. The number of esters is 1. The minimum absolute atomic E-state index is 0.113. The van der Waals surface area contributed by atoms with Gasteiger partial charge in [-0.15, -0.1) is 0 Å². The maximum atomic E-state index is 12.5. The maximum absolute atomic E-state index is 12.5. The Morgan fingerprint density at radius 3 is 2.89 bits per heavy atom. The summed E-state index contributed by atoms with van der Waals surface area (Å²) in [6.07, 6.45) is 7.12. The van der Waals surface area contributed by atoms with Gasteiger partial charge in [0.15, 0.2) is 11.5 Å². The average Bonchev–Trinajstić information content (AvgIpc) is 2.94. The van der Waals surface area contributed by atoms with Gasteiger partial charge in [-0.3, -0.25) is 4.99 Å². The number of benzene rings is 2. The fraction of sp³-hybridized carbons (Fsp3) is 0.304. The van der Waals surface area contributed by atoms with Crippen LogP contribution in [0.5, 0.6) is 11.5 Å². The third-order valence-corrected chi connectivity index (χ3v) is 5.88. The summed E-state index contributed by atoms with van der Waals surface area (Å²) in [6.45, 7) is 0.731. The third-order valence-electron chi connectivity index (χ3n) is 5.88. The second kappa shape index (κ2) is 6.51. The van der Waals surface area contributed by atoms with Crippen molar-refractivity contribution in [1.82, 2.24) is 0 Å². The monoisotopic (exact) mass is 375 g/mol. The molecular formula is C23H21NO4. The minimum Gasteiger partial charge on any atom is -0.493 e. The first kappa shape index (κ1) is 17.0. The van der Waals surface area contributed by atoms with E-state index in [0.29, 0.717) is 12.0 Å². The van der Waals surface area contributed by atoms with Crippen LogP contribution in [0.25, 0.3) is 0 Å². The summed E-state index contributed by atoms with van der Waals surface area (Å²) in [5.41, 5.74) is 2.51. The summed E-state index contributed by atoms with van der Waals surface area (Å²) >= 11 is 0. The molecule has 0 fully saturated rings. The van der Waals surface area contributed by atoms with Gasteiger partial charge in [-0.05, 0) is 36.8 Å². The number of carbonyl (C=O) groups is 1. The van der Waals surface area contributed by atoms with Crippen molar-refractivity contribution in [2.45, 2.75) is 30.5 Å². The molecule has 0 aromatic heterocycles. The Hall–Kier alpha value is -3.08. The molecule has 5 nitrogen and oxygen atoms in total. The zero-order chi connectivity index (χ0) is 19.1. The summed E-state index contributed by atoms with van der Waals surface area (Å²) < 4.78 is 17.7. The van der Waals surface area contributed by atoms with Crippen molar-refractivity contribution in [3.8, 4) is 11.5 Å². The summed E-state index contributed by atoms with van der Waals surface area (Å²) in [7, 11) is 1.65. The summed E-state index contributed by atoms with van der Waals surface area (Å²) in [6, 6.07) is 13.0.